The molecule has 108 valence electrons. The minimum Gasteiger partial charge on any atom is -0.399 e. The zero-order valence-corrected chi connectivity index (χ0v) is 12.5. The van der Waals surface area contributed by atoms with Crippen molar-refractivity contribution in [1.29, 1.82) is 0 Å². The van der Waals surface area contributed by atoms with E-state index in [0.29, 0.717) is 17.9 Å². The van der Waals surface area contributed by atoms with Gasteiger partial charge in [-0.1, -0.05) is 6.92 Å². The number of carbonyl (C=O) groups is 1. The van der Waals surface area contributed by atoms with Crippen molar-refractivity contribution < 1.29 is 4.79 Å². The van der Waals surface area contributed by atoms with Gasteiger partial charge >= 0.3 is 0 Å². The number of anilines is 1. The summed E-state index contributed by atoms with van der Waals surface area (Å²) >= 11 is 1.66. The normalized spacial score (nSPS) is 10.9. The zero-order valence-electron chi connectivity index (χ0n) is 11.6. The predicted octanol–water partition coefficient (Wildman–Crippen LogP) is 2.70. The van der Waals surface area contributed by atoms with E-state index in [0.717, 1.165) is 17.3 Å². The molecule has 2 heterocycles. The number of nitrogens with zero attached hydrogens (tertiary/aromatic N) is 1. The lowest BCUT2D eigenvalue weighted by molar-refractivity contribution is 0.0948. The number of nitrogens with two attached hydrogens (primary N) is 1. The van der Waals surface area contributed by atoms with Gasteiger partial charge in [0.05, 0.1) is 12.1 Å². The third kappa shape index (κ3) is 2.62. The van der Waals surface area contributed by atoms with E-state index >= 15 is 0 Å². The summed E-state index contributed by atoms with van der Waals surface area (Å²) in [5.41, 5.74) is 8.85. The maximum absolute atomic E-state index is 12.3. The number of amides is 1. The summed E-state index contributed by atoms with van der Waals surface area (Å²) < 4.78 is 0. The molecule has 0 radical (unpaired) electrons. The monoisotopic (exact) mass is 300 g/mol. The second-order valence-corrected chi connectivity index (χ2v) is 5.78. The summed E-state index contributed by atoms with van der Waals surface area (Å²) in [7, 11) is 0. The fourth-order valence-corrected chi connectivity index (χ4v) is 3.20. The summed E-state index contributed by atoms with van der Waals surface area (Å²) in [6, 6.07) is 7.46. The van der Waals surface area contributed by atoms with E-state index in [9.17, 15) is 4.79 Å². The number of fused-ring (bicyclic) bond motifs is 1. The molecule has 0 saturated heterocycles. The Bertz CT molecular complexity index is 790. The molecule has 0 spiro atoms. The van der Waals surface area contributed by atoms with Gasteiger partial charge in [0.25, 0.3) is 5.91 Å². The highest BCUT2D eigenvalue weighted by atomic mass is 32.1. The Morgan fingerprint density at radius 3 is 3.10 bits per heavy atom. The van der Waals surface area contributed by atoms with Crippen LogP contribution in [0.2, 0.25) is 0 Å². The number of nitrogens with one attached hydrogen (secondary N) is 2. The molecule has 0 fully saturated rings. The van der Waals surface area contributed by atoms with Crippen molar-refractivity contribution in [2.45, 2.75) is 19.9 Å². The van der Waals surface area contributed by atoms with E-state index < -0.39 is 0 Å². The lowest BCUT2D eigenvalue weighted by Crippen LogP contribution is -2.23. The zero-order chi connectivity index (χ0) is 14.8. The number of H-pyrrole nitrogens is 1. The molecular formula is C15H16N4OS. The molecule has 0 saturated carbocycles. The molecule has 0 aliphatic rings. The van der Waals surface area contributed by atoms with Crippen molar-refractivity contribution in [3.8, 4) is 0 Å². The first kappa shape index (κ1) is 13.6. The highest BCUT2D eigenvalue weighted by molar-refractivity contribution is 7.10. The van der Waals surface area contributed by atoms with Crippen LogP contribution in [0.25, 0.3) is 10.9 Å². The van der Waals surface area contributed by atoms with Gasteiger partial charge in [-0.25, -0.2) is 0 Å². The molecule has 21 heavy (non-hydrogen) atoms. The SMILES string of the molecule is CCc1ccsc1CNC(=O)c1n[nH]c2ccc(N)cc12. The van der Waals surface area contributed by atoms with E-state index in [1.807, 2.05) is 11.4 Å². The molecule has 0 aliphatic carbocycles. The Balaban J connectivity index is 1.79. The second kappa shape index (κ2) is 5.57. The molecule has 6 heteroatoms. The van der Waals surface area contributed by atoms with Crippen LogP contribution in [0.4, 0.5) is 5.69 Å². The van der Waals surface area contributed by atoms with Crippen LogP contribution in [-0.4, -0.2) is 16.1 Å². The summed E-state index contributed by atoms with van der Waals surface area (Å²) in [5, 5.41) is 12.7. The third-order valence-corrected chi connectivity index (χ3v) is 4.39. The molecule has 0 bridgehead atoms. The van der Waals surface area contributed by atoms with Gasteiger partial charge in [0.1, 0.15) is 0 Å². The molecule has 3 rings (SSSR count). The van der Waals surface area contributed by atoms with Gasteiger partial charge < -0.3 is 11.1 Å². The van der Waals surface area contributed by atoms with Crippen molar-refractivity contribution in [2.75, 3.05) is 5.73 Å². The van der Waals surface area contributed by atoms with Crippen LogP contribution >= 0.6 is 11.3 Å². The summed E-state index contributed by atoms with van der Waals surface area (Å²) in [6.07, 6.45) is 0.969. The van der Waals surface area contributed by atoms with Crippen molar-refractivity contribution in [2.24, 2.45) is 0 Å². The van der Waals surface area contributed by atoms with Crippen LogP contribution in [-0.2, 0) is 13.0 Å². The fourth-order valence-electron chi connectivity index (χ4n) is 2.29. The Labute approximate surface area is 126 Å². The van der Waals surface area contributed by atoms with Crippen molar-refractivity contribution in [3.63, 3.8) is 0 Å². The Kier molecular flexibility index (Phi) is 3.62. The van der Waals surface area contributed by atoms with Crippen LogP contribution in [0, 0.1) is 0 Å². The Morgan fingerprint density at radius 2 is 2.29 bits per heavy atom. The minimum atomic E-state index is -0.192. The molecule has 2 aromatic heterocycles. The Hall–Kier alpha value is -2.34. The second-order valence-electron chi connectivity index (χ2n) is 4.78. The minimum absolute atomic E-state index is 0.192. The van der Waals surface area contributed by atoms with Gasteiger partial charge in [-0.2, -0.15) is 5.10 Å². The molecular weight excluding hydrogens is 284 g/mol. The van der Waals surface area contributed by atoms with Gasteiger partial charge in [0, 0.05) is 16.0 Å². The molecule has 0 aliphatic heterocycles. The number of thiophene rings is 1. The van der Waals surface area contributed by atoms with Crippen LogP contribution in [0.3, 0.4) is 0 Å². The molecule has 1 amide bonds. The molecule has 0 unspecified atom stereocenters. The topological polar surface area (TPSA) is 83.8 Å². The molecule has 5 nitrogen and oxygen atoms in total. The average Bonchev–Trinajstić information content (AvgIpc) is 3.10. The van der Waals surface area contributed by atoms with Gasteiger partial charge in [0.15, 0.2) is 5.69 Å². The number of carbonyl (C=O) groups excluding carboxylic acids is 1. The van der Waals surface area contributed by atoms with E-state index in [1.54, 1.807) is 23.5 Å². The number of benzene rings is 1. The van der Waals surface area contributed by atoms with Crippen LogP contribution in [0.15, 0.2) is 29.6 Å². The molecule has 0 atom stereocenters. The summed E-state index contributed by atoms with van der Waals surface area (Å²) in [5.74, 6) is -0.192. The van der Waals surface area contributed by atoms with Crippen molar-refractivity contribution in [3.05, 3.63) is 45.8 Å². The van der Waals surface area contributed by atoms with Crippen LogP contribution < -0.4 is 11.1 Å². The first-order chi connectivity index (χ1) is 10.2. The molecule has 3 aromatic rings. The maximum Gasteiger partial charge on any atom is 0.272 e. The smallest absolute Gasteiger partial charge is 0.272 e. The van der Waals surface area contributed by atoms with Gasteiger partial charge in [-0.05, 0) is 41.6 Å². The largest absolute Gasteiger partial charge is 0.399 e. The fraction of sp³-hybridized carbons (Fsp3) is 0.200. The first-order valence-electron chi connectivity index (χ1n) is 6.76. The van der Waals surface area contributed by atoms with Crippen LogP contribution in [0.1, 0.15) is 27.9 Å². The quantitative estimate of drug-likeness (QED) is 0.648. The van der Waals surface area contributed by atoms with E-state index in [4.69, 9.17) is 5.73 Å². The maximum atomic E-state index is 12.3. The van der Waals surface area contributed by atoms with E-state index in [1.165, 1.54) is 10.4 Å². The van der Waals surface area contributed by atoms with E-state index in [2.05, 4.69) is 28.5 Å². The summed E-state index contributed by atoms with van der Waals surface area (Å²) in [6.45, 7) is 2.63. The number of hydrogen-bond donors (Lipinski definition) is 3. The average molecular weight is 300 g/mol. The number of aromatic amines is 1. The lowest BCUT2D eigenvalue weighted by Gasteiger charge is -2.04. The highest BCUT2D eigenvalue weighted by Crippen LogP contribution is 2.20. The standard InChI is InChI=1S/C15H16N4OS/c1-2-9-5-6-21-13(9)8-17-15(20)14-11-7-10(16)3-4-12(11)18-19-14/h3-7H,2,8,16H2,1H3,(H,17,20)(H,18,19). The summed E-state index contributed by atoms with van der Waals surface area (Å²) in [4.78, 5) is 13.5. The number of aromatic nitrogens is 2. The van der Waals surface area contributed by atoms with Gasteiger partial charge in [0.2, 0.25) is 0 Å². The predicted molar refractivity (Wildman–Crippen MR) is 85.4 cm³/mol. The van der Waals surface area contributed by atoms with Gasteiger partial charge in [-0.15, -0.1) is 11.3 Å². The first-order valence-corrected chi connectivity index (χ1v) is 7.64. The Morgan fingerprint density at radius 1 is 1.43 bits per heavy atom. The molecule has 4 N–H and O–H groups in total. The van der Waals surface area contributed by atoms with Gasteiger partial charge in [-0.3, -0.25) is 9.89 Å². The highest BCUT2D eigenvalue weighted by Gasteiger charge is 2.14. The van der Waals surface area contributed by atoms with E-state index in [-0.39, 0.29) is 5.91 Å². The van der Waals surface area contributed by atoms with Crippen LogP contribution in [0.5, 0.6) is 0 Å². The number of aryl methyl sites for hydroxylation is 1. The number of rotatable bonds is 4. The number of nitrogen functional groups attached to an aromatic ring is 1. The molecule has 1 aromatic carbocycles. The lowest BCUT2D eigenvalue weighted by atomic mass is 10.2. The van der Waals surface area contributed by atoms with Crippen molar-refractivity contribution >= 4 is 33.8 Å². The third-order valence-electron chi connectivity index (χ3n) is 3.43. The number of hydrogen-bond acceptors (Lipinski definition) is 4. The van der Waals surface area contributed by atoms with Crippen molar-refractivity contribution in [1.82, 2.24) is 15.5 Å².